The van der Waals surface area contributed by atoms with Crippen LogP contribution in [0.5, 0.6) is 0 Å². The molecule has 1 amide bonds. The van der Waals surface area contributed by atoms with Crippen LogP contribution < -0.4 is 5.32 Å². The number of amides is 1. The average Bonchev–Trinajstić information content (AvgIpc) is 2.51. The number of hydrogen-bond acceptors (Lipinski definition) is 5. The fourth-order valence-electron chi connectivity index (χ4n) is 2.03. The molecule has 1 aromatic carbocycles. The third-order valence-corrected chi connectivity index (χ3v) is 4.50. The second kappa shape index (κ2) is 9.39. The van der Waals surface area contributed by atoms with Crippen molar-refractivity contribution in [2.45, 2.75) is 26.7 Å². The molecule has 0 aliphatic rings. The van der Waals surface area contributed by atoms with Gasteiger partial charge in [-0.25, -0.2) is 13.2 Å². The lowest BCUT2D eigenvalue weighted by Gasteiger charge is -2.19. The lowest BCUT2D eigenvalue weighted by atomic mass is 10.2. The van der Waals surface area contributed by atoms with E-state index < -0.39 is 21.9 Å². The molecular formula is C16H24N2O5S. The van der Waals surface area contributed by atoms with Gasteiger partial charge in [0.1, 0.15) is 0 Å². The van der Waals surface area contributed by atoms with Gasteiger partial charge in [0.15, 0.2) is 0 Å². The molecule has 8 heteroatoms. The molecule has 0 aliphatic carbocycles. The van der Waals surface area contributed by atoms with Crippen molar-refractivity contribution < 1.29 is 22.7 Å². The first-order valence-corrected chi connectivity index (χ1v) is 9.65. The van der Waals surface area contributed by atoms with Crippen molar-refractivity contribution in [1.29, 1.82) is 0 Å². The second-order valence-electron chi connectivity index (χ2n) is 5.26. The summed E-state index contributed by atoms with van der Waals surface area (Å²) < 4.78 is 29.6. The van der Waals surface area contributed by atoms with Gasteiger partial charge in [0, 0.05) is 6.54 Å². The maximum absolute atomic E-state index is 12.2. The van der Waals surface area contributed by atoms with Gasteiger partial charge in [0.2, 0.25) is 15.9 Å². The Labute approximate surface area is 143 Å². The summed E-state index contributed by atoms with van der Waals surface area (Å²) in [5.41, 5.74) is 0.525. The van der Waals surface area contributed by atoms with Crippen LogP contribution >= 0.6 is 0 Å². The van der Waals surface area contributed by atoms with E-state index in [1.807, 2.05) is 6.92 Å². The number of nitrogens with one attached hydrogen (secondary N) is 1. The fourth-order valence-corrected chi connectivity index (χ4v) is 2.84. The Morgan fingerprint density at radius 2 is 1.88 bits per heavy atom. The smallest absolute Gasteiger partial charge is 0.340 e. The van der Waals surface area contributed by atoms with Crippen molar-refractivity contribution in [1.82, 2.24) is 4.31 Å². The molecule has 0 spiro atoms. The molecule has 24 heavy (non-hydrogen) atoms. The average molecular weight is 356 g/mol. The summed E-state index contributed by atoms with van der Waals surface area (Å²) in [7, 11) is -3.48. The van der Waals surface area contributed by atoms with Gasteiger partial charge >= 0.3 is 5.97 Å². The molecule has 0 heterocycles. The zero-order chi connectivity index (χ0) is 18.2. The van der Waals surface area contributed by atoms with Gasteiger partial charge in [-0.3, -0.25) is 4.79 Å². The van der Waals surface area contributed by atoms with Crippen LogP contribution in [0.2, 0.25) is 0 Å². The molecule has 0 unspecified atom stereocenters. The number of sulfonamides is 1. The minimum Gasteiger partial charge on any atom is -0.462 e. The standard InChI is InChI=1S/C16H24N2O5S/c1-4-6-11-18(24(3,21)22)12-15(19)17-14-10-8-7-9-13(14)16(20)23-5-2/h7-10H,4-6,11-12H2,1-3H3,(H,17,19). The van der Waals surface area contributed by atoms with Crippen LogP contribution in [0.3, 0.4) is 0 Å². The summed E-state index contributed by atoms with van der Waals surface area (Å²) in [6.45, 7) is 3.84. The Kier molecular flexibility index (Phi) is 7.87. The molecule has 0 bridgehead atoms. The van der Waals surface area contributed by atoms with Gasteiger partial charge in [-0.05, 0) is 25.5 Å². The van der Waals surface area contributed by atoms with E-state index in [-0.39, 0.29) is 25.3 Å². The third-order valence-electron chi connectivity index (χ3n) is 3.25. The van der Waals surface area contributed by atoms with Gasteiger partial charge in [0.25, 0.3) is 0 Å². The van der Waals surface area contributed by atoms with Gasteiger partial charge in [-0.1, -0.05) is 25.5 Å². The zero-order valence-corrected chi connectivity index (χ0v) is 15.1. The molecule has 1 N–H and O–H groups in total. The maximum atomic E-state index is 12.2. The van der Waals surface area contributed by atoms with Gasteiger partial charge in [0.05, 0.1) is 30.7 Å². The molecule has 0 aliphatic heterocycles. The molecule has 7 nitrogen and oxygen atoms in total. The first-order chi connectivity index (χ1) is 11.3. The summed E-state index contributed by atoms with van der Waals surface area (Å²) in [4.78, 5) is 24.1. The third kappa shape index (κ3) is 6.29. The Bertz CT molecular complexity index is 673. The minimum absolute atomic E-state index is 0.222. The molecule has 0 saturated heterocycles. The summed E-state index contributed by atoms with van der Waals surface area (Å²) >= 11 is 0. The normalized spacial score (nSPS) is 11.3. The Hall–Kier alpha value is -1.93. The quantitative estimate of drug-likeness (QED) is 0.682. The minimum atomic E-state index is -3.48. The van der Waals surface area contributed by atoms with Crippen LogP contribution in [-0.2, 0) is 19.6 Å². The highest BCUT2D eigenvalue weighted by atomic mass is 32.2. The molecule has 0 fully saturated rings. The number of carbonyl (C=O) groups excluding carboxylic acids is 2. The van der Waals surface area contributed by atoms with Crippen LogP contribution in [0.15, 0.2) is 24.3 Å². The lowest BCUT2D eigenvalue weighted by molar-refractivity contribution is -0.116. The number of rotatable bonds is 9. The Morgan fingerprint density at radius 3 is 2.46 bits per heavy atom. The van der Waals surface area contributed by atoms with Crippen LogP contribution in [0.1, 0.15) is 37.0 Å². The SMILES string of the molecule is CCCCN(CC(=O)Nc1ccccc1C(=O)OCC)S(C)(=O)=O. The van der Waals surface area contributed by atoms with Crippen LogP contribution in [-0.4, -0.2) is 50.6 Å². The number of ether oxygens (including phenoxy) is 1. The molecule has 1 rings (SSSR count). The van der Waals surface area contributed by atoms with Crippen molar-refractivity contribution in [2.24, 2.45) is 0 Å². The molecule has 0 atom stereocenters. The first-order valence-electron chi connectivity index (χ1n) is 7.80. The van der Waals surface area contributed by atoms with Crippen LogP contribution in [0.4, 0.5) is 5.69 Å². The van der Waals surface area contributed by atoms with E-state index in [1.165, 1.54) is 0 Å². The summed E-state index contributed by atoms with van der Waals surface area (Å²) in [6.07, 6.45) is 2.56. The highest BCUT2D eigenvalue weighted by molar-refractivity contribution is 7.88. The Morgan fingerprint density at radius 1 is 1.21 bits per heavy atom. The molecule has 134 valence electrons. The lowest BCUT2D eigenvalue weighted by Crippen LogP contribution is -2.38. The van der Waals surface area contributed by atoms with E-state index in [2.05, 4.69) is 5.32 Å². The maximum Gasteiger partial charge on any atom is 0.340 e. The molecule has 0 aromatic heterocycles. The predicted octanol–water partition coefficient (Wildman–Crippen LogP) is 1.86. The largest absolute Gasteiger partial charge is 0.462 e. The number of para-hydroxylation sites is 1. The highest BCUT2D eigenvalue weighted by Crippen LogP contribution is 2.16. The summed E-state index contributed by atoms with van der Waals surface area (Å²) in [6, 6.07) is 6.44. The van der Waals surface area contributed by atoms with E-state index in [4.69, 9.17) is 4.74 Å². The number of hydrogen-bond donors (Lipinski definition) is 1. The summed E-state index contributed by atoms with van der Waals surface area (Å²) in [5, 5.41) is 2.58. The molecule has 1 aromatic rings. The highest BCUT2D eigenvalue weighted by Gasteiger charge is 2.21. The van der Waals surface area contributed by atoms with E-state index in [1.54, 1.807) is 31.2 Å². The Balaban J connectivity index is 2.85. The van der Waals surface area contributed by atoms with Gasteiger partial charge in [-0.15, -0.1) is 0 Å². The van der Waals surface area contributed by atoms with Crippen molar-refractivity contribution in [3.8, 4) is 0 Å². The number of anilines is 1. The summed E-state index contributed by atoms with van der Waals surface area (Å²) in [5.74, 6) is -1.05. The first kappa shape index (κ1) is 20.1. The van der Waals surface area contributed by atoms with Gasteiger partial charge < -0.3 is 10.1 Å². The monoisotopic (exact) mass is 356 g/mol. The van der Waals surface area contributed by atoms with Crippen molar-refractivity contribution in [2.75, 3.05) is 31.3 Å². The van der Waals surface area contributed by atoms with Crippen LogP contribution in [0, 0.1) is 0 Å². The van der Waals surface area contributed by atoms with E-state index in [0.29, 0.717) is 12.1 Å². The van der Waals surface area contributed by atoms with Crippen LogP contribution in [0.25, 0.3) is 0 Å². The predicted molar refractivity (Wildman–Crippen MR) is 92.4 cm³/mol. The van der Waals surface area contributed by atoms with E-state index >= 15 is 0 Å². The molecule has 0 radical (unpaired) electrons. The number of carbonyl (C=O) groups is 2. The van der Waals surface area contributed by atoms with E-state index in [0.717, 1.165) is 17.0 Å². The topological polar surface area (TPSA) is 92.8 Å². The number of esters is 1. The second-order valence-corrected chi connectivity index (χ2v) is 7.25. The van der Waals surface area contributed by atoms with Crippen molar-refractivity contribution in [3.63, 3.8) is 0 Å². The van der Waals surface area contributed by atoms with E-state index in [9.17, 15) is 18.0 Å². The van der Waals surface area contributed by atoms with Gasteiger partial charge in [-0.2, -0.15) is 4.31 Å². The number of benzene rings is 1. The molecular weight excluding hydrogens is 332 g/mol. The number of unbranched alkanes of at least 4 members (excludes halogenated alkanes) is 1. The number of nitrogens with zero attached hydrogens (tertiary/aromatic N) is 1. The zero-order valence-electron chi connectivity index (χ0n) is 14.2. The fraction of sp³-hybridized carbons (Fsp3) is 0.500. The molecule has 0 saturated carbocycles. The van der Waals surface area contributed by atoms with Crippen molar-refractivity contribution >= 4 is 27.6 Å². The van der Waals surface area contributed by atoms with Crippen molar-refractivity contribution in [3.05, 3.63) is 29.8 Å².